The topological polar surface area (TPSA) is 77.3 Å². The number of aryl methyl sites for hydroxylation is 1. The molecule has 6 nitrogen and oxygen atoms in total. The van der Waals surface area contributed by atoms with Crippen LogP contribution in [-0.4, -0.2) is 29.9 Å². The molecule has 0 bridgehead atoms. The number of thiazole rings is 3. The Labute approximate surface area is 183 Å². The van der Waals surface area contributed by atoms with Crippen LogP contribution in [0.2, 0.25) is 0 Å². The van der Waals surface area contributed by atoms with Crippen molar-refractivity contribution in [3.8, 4) is 0 Å². The average molecular weight is 447 g/mol. The van der Waals surface area contributed by atoms with Crippen LogP contribution < -0.4 is 0 Å². The second-order valence-electron chi connectivity index (χ2n) is 6.96. The van der Waals surface area contributed by atoms with Gasteiger partial charge in [0.25, 0.3) is 0 Å². The van der Waals surface area contributed by atoms with E-state index in [-0.39, 0.29) is 0 Å². The Morgan fingerprint density at radius 2 is 1.60 bits per heavy atom. The fraction of sp³-hybridized carbons (Fsp3) is 0.143. The van der Waals surface area contributed by atoms with E-state index in [1.165, 1.54) is 10.3 Å². The first kappa shape index (κ1) is 17.9. The number of pyridine rings is 1. The summed E-state index contributed by atoms with van der Waals surface area (Å²) in [5, 5.41) is 3.16. The largest absolute Gasteiger partial charge is 0.243 e. The van der Waals surface area contributed by atoms with Crippen LogP contribution in [0.25, 0.3) is 31.0 Å². The van der Waals surface area contributed by atoms with E-state index in [1.54, 1.807) is 46.4 Å². The van der Waals surface area contributed by atoms with Crippen molar-refractivity contribution < 1.29 is 0 Å². The molecule has 0 saturated heterocycles. The number of rotatable bonds is 4. The number of hydrogen-bond donors (Lipinski definition) is 0. The number of fused-ring (bicyclic) bond motifs is 3. The van der Waals surface area contributed by atoms with Crippen LogP contribution in [-0.2, 0) is 12.8 Å². The minimum Gasteiger partial charge on any atom is -0.243 e. The summed E-state index contributed by atoms with van der Waals surface area (Å²) in [4.78, 5) is 29.0. The summed E-state index contributed by atoms with van der Waals surface area (Å²) < 4.78 is 1.19. The van der Waals surface area contributed by atoms with Crippen molar-refractivity contribution in [1.82, 2.24) is 29.9 Å². The van der Waals surface area contributed by atoms with Gasteiger partial charge in [-0.3, -0.25) is 0 Å². The molecule has 0 aliphatic heterocycles. The Morgan fingerprint density at radius 1 is 0.733 bits per heavy atom. The van der Waals surface area contributed by atoms with Gasteiger partial charge in [0, 0.05) is 31.4 Å². The lowest BCUT2D eigenvalue weighted by molar-refractivity contribution is 1.13. The Kier molecular flexibility index (Phi) is 4.26. The Bertz CT molecular complexity index is 1500. The Hall–Kier alpha value is -2.88. The molecular weight excluding hydrogens is 432 g/mol. The molecule has 0 amide bonds. The summed E-state index contributed by atoms with van der Waals surface area (Å²) in [7, 11) is 0. The maximum Gasteiger partial charge on any atom is 0.189 e. The van der Waals surface area contributed by atoms with Crippen LogP contribution in [0.3, 0.4) is 0 Å². The average Bonchev–Trinajstić information content (AvgIpc) is 3.42. The van der Waals surface area contributed by atoms with Crippen molar-refractivity contribution >= 4 is 65.1 Å². The van der Waals surface area contributed by atoms with Gasteiger partial charge in [0.15, 0.2) is 10.5 Å². The zero-order chi connectivity index (χ0) is 20.1. The molecule has 5 heterocycles. The molecule has 30 heavy (non-hydrogen) atoms. The second-order valence-corrected chi connectivity index (χ2v) is 10.3. The summed E-state index contributed by atoms with van der Waals surface area (Å²) in [6.07, 6.45) is 6.86. The third kappa shape index (κ3) is 3.34. The summed E-state index contributed by atoms with van der Waals surface area (Å²) in [5.74, 6) is 0. The molecule has 0 radical (unpaired) electrons. The maximum atomic E-state index is 4.82. The van der Waals surface area contributed by atoms with Gasteiger partial charge in [-0.25, -0.2) is 29.9 Å². The molecule has 0 spiro atoms. The van der Waals surface area contributed by atoms with Crippen LogP contribution >= 0.6 is 34.0 Å². The van der Waals surface area contributed by atoms with Crippen molar-refractivity contribution in [3.05, 3.63) is 69.0 Å². The molecule has 0 N–H and O–H groups in total. The third-order valence-electron chi connectivity index (χ3n) is 4.71. The Morgan fingerprint density at radius 3 is 2.53 bits per heavy atom. The smallest absolute Gasteiger partial charge is 0.189 e. The van der Waals surface area contributed by atoms with Gasteiger partial charge in [0.05, 0.1) is 20.2 Å². The van der Waals surface area contributed by atoms with Crippen LogP contribution in [0, 0.1) is 6.92 Å². The molecular formula is C21H14N6S3. The fourth-order valence-corrected chi connectivity index (χ4v) is 6.12. The fourth-order valence-electron chi connectivity index (χ4n) is 3.42. The normalized spacial score (nSPS) is 11.8. The lowest BCUT2D eigenvalue weighted by atomic mass is 10.1. The quantitative estimate of drug-likeness (QED) is 0.371. The molecule has 9 heteroatoms. The van der Waals surface area contributed by atoms with Crippen molar-refractivity contribution in [2.45, 2.75) is 19.8 Å². The number of aromatic nitrogens is 6. The first-order valence-corrected chi connectivity index (χ1v) is 11.8. The Balaban J connectivity index is 1.27. The zero-order valence-electron chi connectivity index (χ0n) is 15.9. The van der Waals surface area contributed by atoms with Crippen molar-refractivity contribution in [1.29, 1.82) is 0 Å². The number of hydrogen-bond acceptors (Lipinski definition) is 9. The van der Waals surface area contributed by atoms with Crippen molar-refractivity contribution in [2.24, 2.45) is 0 Å². The molecule has 0 fully saturated rings. The van der Waals surface area contributed by atoms with Gasteiger partial charge in [-0.2, -0.15) is 0 Å². The van der Waals surface area contributed by atoms with E-state index in [0.29, 0.717) is 0 Å². The van der Waals surface area contributed by atoms with Gasteiger partial charge in [-0.1, -0.05) is 28.7 Å². The molecule has 0 saturated carbocycles. The predicted octanol–water partition coefficient (Wildman–Crippen LogP) is 5.19. The summed E-state index contributed by atoms with van der Waals surface area (Å²) in [5.41, 5.74) is 5.09. The van der Waals surface area contributed by atoms with Gasteiger partial charge < -0.3 is 0 Å². The SMILES string of the molecule is Cc1nc2cc(Cc3nc4ccc(Cc5nc6nccnc6s5)cc4s3)cnc2s1. The lowest BCUT2D eigenvalue weighted by Crippen LogP contribution is -1.88. The first-order valence-electron chi connectivity index (χ1n) is 9.36. The first-order chi connectivity index (χ1) is 14.7. The lowest BCUT2D eigenvalue weighted by Gasteiger charge is -1.97. The van der Waals surface area contributed by atoms with Crippen LogP contribution in [0.4, 0.5) is 0 Å². The third-order valence-corrected chi connectivity index (χ3v) is 7.58. The molecule has 6 aromatic rings. The van der Waals surface area contributed by atoms with Crippen molar-refractivity contribution in [3.63, 3.8) is 0 Å². The monoisotopic (exact) mass is 446 g/mol. The highest BCUT2D eigenvalue weighted by Crippen LogP contribution is 2.28. The molecule has 146 valence electrons. The minimum atomic E-state index is 0.722. The standard InChI is InChI=1S/C21H14N6S3/c1-11-25-15-6-13(10-24-20(15)28-11)9-17-26-14-3-2-12(7-16(14)29-17)8-18-27-19-21(30-18)23-5-4-22-19/h2-7,10H,8-9H2,1H3. The van der Waals surface area contributed by atoms with E-state index >= 15 is 0 Å². The van der Waals surface area contributed by atoms with Crippen LogP contribution in [0.15, 0.2) is 42.9 Å². The number of nitrogens with zero attached hydrogens (tertiary/aromatic N) is 6. The summed E-state index contributed by atoms with van der Waals surface area (Å²) >= 11 is 4.96. The molecule has 0 aliphatic carbocycles. The van der Waals surface area contributed by atoms with E-state index in [1.807, 2.05) is 13.1 Å². The molecule has 0 atom stereocenters. The molecule has 0 unspecified atom stereocenters. The van der Waals surface area contributed by atoms with E-state index in [4.69, 9.17) is 4.98 Å². The summed E-state index contributed by atoms with van der Waals surface area (Å²) in [6.45, 7) is 2.01. The van der Waals surface area contributed by atoms with Crippen LogP contribution in [0.5, 0.6) is 0 Å². The predicted molar refractivity (Wildman–Crippen MR) is 123 cm³/mol. The number of benzene rings is 1. The van der Waals surface area contributed by atoms with Gasteiger partial charge in [-0.15, -0.1) is 11.3 Å². The van der Waals surface area contributed by atoms with E-state index in [0.717, 1.165) is 59.8 Å². The highest BCUT2D eigenvalue weighted by Gasteiger charge is 2.10. The second kappa shape index (κ2) is 7.12. The molecule has 0 aliphatic rings. The van der Waals surface area contributed by atoms with Gasteiger partial charge in [0.2, 0.25) is 0 Å². The van der Waals surface area contributed by atoms with Gasteiger partial charge in [0.1, 0.15) is 15.4 Å². The van der Waals surface area contributed by atoms with Crippen molar-refractivity contribution in [2.75, 3.05) is 0 Å². The molecule has 6 rings (SSSR count). The van der Waals surface area contributed by atoms with E-state index in [9.17, 15) is 0 Å². The summed E-state index contributed by atoms with van der Waals surface area (Å²) in [6, 6.07) is 8.57. The van der Waals surface area contributed by atoms with Gasteiger partial charge in [-0.05, 0) is 36.2 Å². The van der Waals surface area contributed by atoms with Gasteiger partial charge >= 0.3 is 0 Å². The zero-order valence-corrected chi connectivity index (χ0v) is 18.3. The minimum absolute atomic E-state index is 0.722. The maximum absolute atomic E-state index is 4.82. The highest BCUT2D eigenvalue weighted by atomic mass is 32.1. The highest BCUT2D eigenvalue weighted by molar-refractivity contribution is 7.19. The van der Waals surface area contributed by atoms with E-state index in [2.05, 4.69) is 49.2 Å². The molecule has 5 aromatic heterocycles. The van der Waals surface area contributed by atoms with Crippen LogP contribution in [0.1, 0.15) is 26.1 Å². The molecule has 1 aromatic carbocycles. The van der Waals surface area contributed by atoms with E-state index < -0.39 is 0 Å².